The highest BCUT2D eigenvalue weighted by atomic mass is 15.1. The van der Waals surface area contributed by atoms with Gasteiger partial charge in [0.15, 0.2) is 0 Å². The molecule has 0 unspecified atom stereocenters. The Bertz CT molecular complexity index is 390. The van der Waals surface area contributed by atoms with E-state index >= 15 is 0 Å². The molecule has 1 fully saturated rings. The van der Waals surface area contributed by atoms with Crippen molar-refractivity contribution in [2.75, 3.05) is 20.6 Å². The average Bonchev–Trinajstić information content (AvgIpc) is 2.32. The maximum Gasteiger partial charge on any atom is 0.00813 e. The fourth-order valence-corrected chi connectivity index (χ4v) is 3.31. The van der Waals surface area contributed by atoms with Gasteiger partial charge in [0, 0.05) is 18.0 Å². The van der Waals surface area contributed by atoms with Crippen molar-refractivity contribution in [2.45, 2.75) is 44.1 Å². The second-order valence-electron chi connectivity index (χ2n) is 6.23. The van der Waals surface area contributed by atoms with E-state index < -0.39 is 0 Å². The summed E-state index contributed by atoms with van der Waals surface area (Å²) in [5.74, 6) is 0. The van der Waals surface area contributed by atoms with Crippen molar-refractivity contribution in [1.82, 2.24) is 4.90 Å². The maximum absolute atomic E-state index is 6.08. The van der Waals surface area contributed by atoms with Crippen LogP contribution < -0.4 is 5.73 Å². The van der Waals surface area contributed by atoms with Crippen LogP contribution in [-0.4, -0.2) is 31.6 Å². The number of aryl methyl sites for hydroxylation is 1. The van der Waals surface area contributed by atoms with Crippen molar-refractivity contribution < 1.29 is 0 Å². The molecule has 0 aromatic heterocycles. The molecule has 1 aromatic rings. The van der Waals surface area contributed by atoms with Gasteiger partial charge < -0.3 is 10.6 Å². The van der Waals surface area contributed by atoms with E-state index in [1.54, 1.807) is 0 Å². The van der Waals surface area contributed by atoms with Crippen LogP contribution in [0.1, 0.15) is 36.8 Å². The first kappa shape index (κ1) is 13.6. The van der Waals surface area contributed by atoms with Crippen LogP contribution in [0, 0.1) is 6.92 Å². The van der Waals surface area contributed by atoms with Gasteiger partial charge in [-0.15, -0.1) is 0 Å². The van der Waals surface area contributed by atoms with E-state index in [2.05, 4.69) is 50.2 Å². The van der Waals surface area contributed by atoms with Gasteiger partial charge in [-0.05, 0) is 52.3 Å². The summed E-state index contributed by atoms with van der Waals surface area (Å²) in [5.41, 5.74) is 9.26. The molecule has 18 heavy (non-hydrogen) atoms. The first-order valence-corrected chi connectivity index (χ1v) is 6.99. The van der Waals surface area contributed by atoms with Crippen LogP contribution >= 0.6 is 0 Å². The lowest BCUT2D eigenvalue weighted by atomic mass is 9.68. The van der Waals surface area contributed by atoms with Crippen molar-refractivity contribution in [3.63, 3.8) is 0 Å². The highest BCUT2D eigenvalue weighted by molar-refractivity contribution is 5.31. The molecular formula is C16H26N2. The minimum atomic E-state index is 0.311. The van der Waals surface area contributed by atoms with Crippen molar-refractivity contribution in [3.05, 3.63) is 35.4 Å². The van der Waals surface area contributed by atoms with E-state index in [9.17, 15) is 0 Å². The summed E-state index contributed by atoms with van der Waals surface area (Å²) < 4.78 is 0. The molecule has 100 valence electrons. The number of rotatable bonds is 3. The number of hydrogen-bond acceptors (Lipinski definition) is 2. The topological polar surface area (TPSA) is 29.3 Å². The predicted molar refractivity (Wildman–Crippen MR) is 77.9 cm³/mol. The predicted octanol–water partition coefficient (Wildman–Crippen LogP) is 2.70. The highest BCUT2D eigenvalue weighted by Crippen LogP contribution is 2.39. The smallest absolute Gasteiger partial charge is 0.00813 e. The minimum Gasteiger partial charge on any atom is -0.328 e. The number of benzene rings is 1. The summed E-state index contributed by atoms with van der Waals surface area (Å²) in [7, 11) is 4.35. The molecule has 0 saturated heterocycles. The van der Waals surface area contributed by atoms with Crippen LogP contribution in [0.15, 0.2) is 24.3 Å². The molecule has 2 nitrogen and oxygen atoms in total. The fraction of sp³-hybridized carbons (Fsp3) is 0.625. The van der Waals surface area contributed by atoms with Gasteiger partial charge in [0.25, 0.3) is 0 Å². The normalized spacial score (nSPS) is 28.6. The third-order valence-corrected chi connectivity index (χ3v) is 4.24. The zero-order valence-corrected chi connectivity index (χ0v) is 11.9. The third-order valence-electron chi connectivity index (χ3n) is 4.24. The molecule has 2 rings (SSSR count). The van der Waals surface area contributed by atoms with E-state index in [1.807, 2.05) is 0 Å². The van der Waals surface area contributed by atoms with Gasteiger partial charge in [-0.3, -0.25) is 0 Å². The molecule has 2 N–H and O–H groups in total. The van der Waals surface area contributed by atoms with Crippen molar-refractivity contribution in [1.29, 1.82) is 0 Å². The first-order chi connectivity index (χ1) is 8.52. The first-order valence-electron chi connectivity index (χ1n) is 6.99. The van der Waals surface area contributed by atoms with Crippen molar-refractivity contribution >= 4 is 0 Å². The molecule has 1 saturated carbocycles. The van der Waals surface area contributed by atoms with E-state index in [4.69, 9.17) is 5.73 Å². The van der Waals surface area contributed by atoms with Gasteiger partial charge in [-0.2, -0.15) is 0 Å². The second kappa shape index (κ2) is 5.41. The minimum absolute atomic E-state index is 0.311. The van der Waals surface area contributed by atoms with Gasteiger partial charge in [-0.1, -0.05) is 29.8 Å². The van der Waals surface area contributed by atoms with Gasteiger partial charge in [-0.25, -0.2) is 0 Å². The molecular weight excluding hydrogens is 220 g/mol. The Balaban J connectivity index is 2.30. The van der Waals surface area contributed by atoms with Crippen LogP contribution in [0.3, 0.4) is 0 Å². The molecule has 0 heterocycles. The standard InChI is InChI=1S/C16H26N2/c1-13-5-4-6-14(11-13)16(12-18(2)3)9-7-15(17)8-10-16/h4-6,11,15H,7-10,12,17H2,1-3H3. The molecule has 0 radical (unpaired) electrons. The lowest BCUT2D eigenvalue weighted by molar-refractivity contribution is 0.204. The van der Waals surface area contributed by atoms with Crippen molar-refractivity contribution in [3.8, 4) is 0 Å². The molecule has 1 aliphatic rings. The van der Waals surface area contributed by atoms with Crippen molar-refractivity contribution in [2.24, 2.45) is 5.73 Å². The van der Waals surface area contributed by atoms with E-state index in [1.165, 1.54) is 24.0 Å². The Morgan fingerprint density at radius 3 is 2.50 bits per heavy atom. The van der Waals surface area contributed by atoms with Gasteiger partial charge in [0.2, 0.25) is 0 Å². The van der Waals surface area contributed by atoms with E-state index in [0.29, 0.717) is 11.5 Å². The Kier molecular flexibility index (Phi) is 4.08. The highest BCUT2D eigenvalue weighted by Gasteiger charge is 2.36. The average molecular weight is 246 g/mol. The lowest BCUT2D eigenvalue weighted by Gasteiger charge is -2.42. The molecule has 0 spiro atoms. The summed E-state index contributed by atoms with van der Waals surface area (Å²) in [6.07, 6.45) is 4.75. The largest absolute Gasteiger partial charge is 0.328 e. The summed E-state index contributed by atoms with van der Waals surface area (Å²) in [4.78, 5) is 2.32. The number of nitrogens with two attached hydrogens (primary N) is 1. The number of hydrogen-bond donors (Lipinski definition) is 1. The number of likely N-dealkylation sites (N-methyl/N-ethyl adjacent to an activating group) is 1. The van der Waals surface area contributed by atoms with Crippen LogP contribution in [-0.2, 0) is 5.41 Å². The number of nitrogens with zero attached hydrogens (tertiary/aromatic N) is 1. The summed E-state index contributed by atoms with van der Waals surface area (Å²) >= 11 is 0. The summed E-state index contributed by atoms with van der Waals surface area (Å²) in [6.45, 7) is 3.31. The third kappa shape index (κ3) is 2.93. The Hall–Kier alpha value is -0.860. The molecule has 0 atom stereocenters. The van der Waals surface area contributed by atoms with Crippen LogP contribution in [0.5, 0.6) is 0 Å². The molecule has 0 bridgehead atoms. The van der Waals surface area contributed by atoms with Crippen LogP contribution in [0.25, 0.3) is 0 Å². The fourth-order valence-electron chi connectivity index (χ4n) is 3.31. The quantitative estimate of drug-likeness (QED) is 0.888. The molecule has 1 aliphatic carbocycles. The zero-order valence-electron chi connectivity index (χ0n) is 11.9. The SMILES string of the molecule is Cc1cccc(C2(CN(C)C)CCC(N)CC2)c1. The zero-order chi connectivity index (χ0) is 13.2. The Labute approximate surface area is 111 Å². The molecule has 0 amide bonds. The van der Waals surface area contributed by atoms with Gasteiger partial charge in [0.1, 0.15) is 0 Å². The Morgan fingerprint density at radius 2 is 1.94 bits per heavy atom. The van der Waals surface area contributed by atoms with Crippen LogP contribution in [0.4, 0.5) is 0 Å². The van der Waals surface area contributed by atoms with Crippen LogP contribution in [0.2, 0.25) is 0 Å². The van der Waals surface area contributed by atoms with E-state index in [0.717, 1.165) is 19.4 Å². The van der Waals surface area contributed by atoms with Gasteiger partial charge in [0.05, 0.1) is 0 Å². The van der Waals surface area contributed by atoms with E-state index in [-0.39, 0.29) is 0 Å². The maximum atomic E-state index is 6.08. The monoisotopic (exact) mass is 246 g/mol. The van der Waals surface area contributed by atoms with Gasteiger partial charge >= 0.3 is 0 Å². The lowest BCUT2D eigenvalue weighted by Crippen LogP contribution is -2.43. The second-order valence-corrected chi connectivity index (χ2v) is 6.23. The molecule has 1 aromatic carbocycles. The Morgan fingerprint density at radius 1 is 1.28 bits per heavy atom. The summed E-state index contributed by atoms with van der Waals surface area (Å²) in [6, 6.07) is 9.44. The molecule has 2 heteroatoms. The summed E-state index contributed by atoms with van der Waals surface area (Å²) in [5, 5.41) is 0. The molecule has 0 aliphatic heterocycles.